The summed E-state index contributed by atoms with van der Waals surface area (Å²) in [5, 5.41) is 12.4. The van der Waals surface area contributed by atoms with Gasteiger partial charge >= 0.3 is 5.97 Å². The molecule has 3 nitrogen and oxygen atoms in total. The van der Waals surface area contributed by atoms with E-state index in [9.17, 15) is 9.90 Å². The zero-order valence-electron chi connectivity index (χ0n) is 16.5. The minimum atomic E-state index is -2.09. The van der Waals surface area contributed by atoms with Crippen LogP contribution in [0.4, 0.5) is 0 Å². The number of carbonyl (C=O) groups is 1. The summed E-state index contributed by atoms with van der Waals surface area (Å²) >= 11 is 0. The summed E-state index contributed by atoms with van der Waals surface area (Å²) in [7, 11) is -2.09. The number of rotatable bonds is 5. The highest BCUT2D eigenvalue weighted by atomic mass is 28.3. The normalized spacial score (nSPS) is 23.3. The summed E-state index contributed by atoms with van der Waals surface area (Å²) in [6.45, 7) is 6.74. The molecule has 1 fully saturated rings. The maximum absolute atomic E-state index is 12.3. The first-order chi connectivity index (χ1) is 12.8. The van der Waals surface area contributed by atoms with E-state index in [2.05, 4.69) is 45.0 Å². The summed E-state index contributed by atoms with van der Waals surface area (Å²) in [5.41, 5.74) is -0.856. The second-order valence-electron chi connectivity index (χ2n) is 8.76. The Morgan fingerprint density at radius 1 is 0.963 bits per heavy atom. The third-order valence-electron chi connectivity index (χ3n) is 5.96. The molecule has 0 aromatic heterocycles. The molecule has 0 atom stereocenters. The first kappa shape index (κ1) is 19.8. The molecule has 27 heavy (non-hydrogen) atoms. The van der Waals surface area contributed by atoms with E-state index in [1.54, 1.807) is 0 Å². The van der Waals surface area contributed by atoms with E-state index in [1.807, 2.05) is 36.4 Å². The van der Waals surface area contributed by atoms with E-state index in [-0.39, 0.29) is 5.41 Å². The SMILES string of the molecule is CC(C)(C)[C@H]1CC[C@](O[SiH](c2ccccc2)c2ccccc2)(C(=O)O)CC1. The standard InChI is InChI=1S/C23H30O3Si/c1-22(2,3)18-14-16-23(17-15-18,21(24)25)26-27(19-10-6-4-7-11-19)20-12-8-5-9-13-20/h4-13,18,27H,14-17H2,1-3H3,(H,24,25)/t18-,23+. The number of carboxylic acids is 1. The van der Waals surface area contributed by atoms with Gasteiger partial charge in [0.15, 0.2) is 5.60 Å². The lowest BCUT2D eigenvalue weighted by atomic mass is 9.68. The van der Waals surface area contributed by atoms with Crippen LogP contribution in [0.1, 0.15) is 46.5 Å². The summed E-state index contributed by atoms with van der Waals surface area (Å²) in [5.74, 6) is -0.263. The molecule has 144 valence electrons. The molecule has 0 saturated heterocycles. The van der Waals surface area contributed by atoms with Gasteiger partial charge in [0.25, 0.3) is 0 Å². The van der Waals surface area contributed by atoms with Crippen LogP contribution in [0.2, 0.25) is 0 Å². The average molecular weight is 383 g/mol. The predicted octanol–water partition coefficient (Wildman–Crippen LogP) is 3.60. The van der Waals surface area contributed by atoms with Crippen LogP contribution in [0.15, 0.2) is 60.7 Å². The Morgan fingerprint density at radius 3 is 1.78 bits per heavy atom. The fourth-order valence-electron chi connectivity index (χ4n) is 4.14. The van der Waals surface area contributed by atoms with Gasteiger partial charge in [0.2, 0.25) is 9.04 Å². The number of carboxylic acid groups (broad SMARTS) is 1. The average Bonchev–Trinajstić information content (AvgIpc) is 2.67. The first-order valence-corrected chi connectivity index (χ1v) is 11.5. The molecule has 0 radical (unpaired) electrons. The molecule has 0 unspecified atom stereocenters. The molecule has 2 aromatic rings. The monoisotopic (exact) mass is 382 g/mol. The van der Waals surface area contributed by atoms with Gasteiger partial charge in [-0.05, 0) is 47.4 Å². The molecule has 2 aromatic carbocycles. The molecule has 0 heterocycles. The maximum atomic E-state index is 12.3. The van der Waals surface area contributed by atoms with Crippen LogP contribution in [0.5, 0.6) is 0 Å². The van der Waals surface area contributed by atoms with Gasteiger partial charge in [0.1, 0.15) is 0 Å². The molecule has 4 heteroatoms. The van der Waals surface area contributed by atoms with Crippen molar-refractivity contribution in [1.29, 1.82) is 0 Å². The third kappa shape index (κ3) is 4.50. The van der Waals surface area contributed by atoms with E-state index in [0.717, 1.165) is 23.2 Å². The molecule has 1 aliphatic rings. The van der Waals surface area contributed by atoms with Crippen molar-refractivity contribution in [2.75, 3.05) is 0 Å². The molecule has 1 N–H and O–H groups in total. The van der Waals surface area contributed by atoms with Crippen LogP contribution in [0, 0.1) is 11.3 Å². The van der Waals surface area contributed by atoms with Crippen molar-refractivity contribution in [3.05, 3.63) is 60.7 Å². The molecular weight excluding hydrogens is 352 g/mol. The Balaban J connectivity index is 1.90. The molecule has 0 bridgehead atoms. The van der Waals surface area contributed by atoms with Crippen molar-refractivity contribution in [1.82, 2.24) is 0 Å². The highest BCUT2D eigenvalue weighted by molar-refractivity contribution is 6.80. The van der Waals surface area contributed by atoms with E-state index in [0.29, 0.717) is 18.8 Å². The van der Waals surface area contributed by atoms with Crippen molar-refractivity contribution in [3.8, 4) is 0 Å². The number of aliphatic carboxylic acids is 1. The van der Waals surface area contributed by atoms with E-state index < -0.39 is 20.6 Å². The molecule has 1 aliphatic carbocycles. The van der Waals surface area contributed by atoms with Gasteiger partial charge in [0.05, 0.1) is 0 Å². The Bertz CT molecular complexity index is 705. The Hall–Kier alpha value is -1.91. The first-order valence-electron chi connectivity index (χ1n) is 9.83. The summed E-state index contributed by atoms with van der Waals surface area (Å²) in [6, 6.07) is 20.3. The zero-order valence-corrected chi connectivity index (χ0v) is 17.7. The van der Waals surface area contributed by atoms with Crippen LogP contribution >= 0.6 is 0 Å². The fourth-order valence-corrected chi connectivity index (χ4v) is 6.73. The molecule has 0 spiro atoms. The van der Waals surface area contributed by atoms with E-state index in [1.165, 1.54) is 0 Å². The van der Waals surface area contributed by atoms with Gasteiger partial charge in [-0.2, -0.15) is 0 Å². The maximum Gasteiger partial charge on any atom is 0.334 e. The summed E-state index contributed by atoms with van der Waals surface area (Å²) < 4.78 is 6.61. The van der Waals surface area contributed by atoms with Crippen molar-refractivity contribution in [2.24, 2.45) is 11.3 Å². The smallest absolute Gasteiger partial charge is 0.334 e. The van der Waals surface area contributed by atoms with Crippen LogP contribution in [-0.2, 0) is 9.22 Å². The molecule has 3 rings (SSSR count). The zero-order chi connectivity index (χ0) is 19.5. The van der Waals surface area contributed by atoms with Gasteiger partial charge in [-0.25, -0.2) is 4.79 Å². The molecule has 1 saturated carbocycles. The lowest BCUT2D eigenvalue weighted by Gasteiger charge is -2.43. The molecule has 0 aliphatic heterocycles. The van der Waals surface area contributed by atoms with Gasteiger partial charge in [-0.3, -0.25) is 0 Å². The van der Waals surface area contributed by atoms with Crippen LogP contribution in [0.25, 0.3) is 0 Å². The fraction of sp³-hybridized carbons (Fsp3) is 0.435. The predicted molar refractivity (Wildman–Crippen MR) is 112 cm³/mol. The van der Waals surface area contributed by atoms with Crippen molar-refractivity contribution in [2.45, 2.75) is 52.1 Å². The minimum absolute atomic E-state index is 0.209. The second kappa shape index (κ2) is 7.99. The summed E-state index contributed by atoms with van der Waals surface area (Å²) in [4.78, 5) is 12.3. The quantitative estimate of drug-likeness (QED) is 0.804. The Kier molecular flexibility index (Phi) is 5.87. The van der Waals surface area contributed by atoms with Crippen LogP contribution in [0.3, 0.4) is 0 Å². The number of hydrogen-bond donors (Lipinski definition) is 1. The number of benzene rings is 2. The van der Waals surface area contributed by atoms with Gasteiger partial charge in [-0.15, -0.1) is 0 Å². The van der Waals surface area contributed by atoms with Crippen LogP contribution in [-0.4, -0.2) is 25.7 Å². The lowest BCUT2D eigenvalue weighted by Crippen LogP contribution is -2.56. The van der Waals surface area contributed by atoms with E-state index >= 15 is 0 Å². The van der Waals surface area contributed by atoms with Gasteiger partial charge < -0.3 is 9.53 Å². The van der Waals surface area contributed by atoms with Crippen LogP contribution < -0.4 is 10.4 Å². The van der Waals surface area contributed by atoms with Crippen molar-refractivity contribution < 1.29 is 14.3 Å². The Labute approximate surface area is 164 Å². The van der Waals surface area contributed by atoms with Gasteiger partial charge in [-0.1, -0.05) is 81.4 Å². The third-order valence-corrected chi connectivity index (χ3v) is 8.62. The van der Waals surface area contributed by atoms with E-state index in [4.69, 9.17) is 4.43 Å². The second-order valence-corrected chi connectivity index (χ2v) is 11.1. The highest BCUT2D eigenvalue weighted by Crippen LogP contribution is 2.43. The topological polar surface area (TPSA) is 46.5 Å². The highest BCUT2D eigenvalue weighted by Gasteiger charge is 2.46. The Morgan fingerprint density at radius 2 is 1.41 bits per heavy atom. The van der Waals surface area contributed by atoms with Gasteiger partial charge in [0, 0.05) is 0 Å². The lowest BCUT2D eigenvalue weighted by molar-refractivity contribution is -0.160. The van der Waals surface area contributed by atoms with Crippen molar-refractivity contribution in [3.63, 3.8) is 0 Å². The van der Waals surface area contributed by atoms with Crippen molar-refractivity contribution >= 4 is 25.4 Å². The largest absolute Gasteiger partial charge is 0.479 e. The summed E-state index contributed by atoms with van der Waals surface area (Å²) in [6.07, 6.45) is 2.99. The molecular formula is C23H30O3Si. The molecule has 0 amide bonds. The number of hydrogen-bond acceptors (Lipinski definition) is 2. The minimum Gasteiger partial charge on any atom is -0.479 e.